The van der Waals surface area contributed by atoms with Crippen molar-refractivity contribution in [3.63, 3.8) is 0 Å². The fraction of sp³-hybridized carbons (Fsp3) is 0.458. The van der Waals surface area contributed by atoms with E-state index in [0.29, 0.717) is 49.7 Å². The van der Waals surface area contributed by atoms with Gasteiger partial charge in [0.2, 0.25) is 15.9 Å². The number of sulfonamides is 1. The van der Waals surface area contributed by atoms with Crippen LogP contribution in [0.4, 0.5) is 0 Å². The summed E-state index contributed by atoms with van der Waals surface area (Å²) in [6, 6.07) is 11.9. The highest BCUT2D eigenvalue weighted by Crippen LogP contribution is 2.29. The standard InChI is InChI=1S/C24H32N2O6S/c1-5-25(16-18-8-13-22(31-3)23(15-18)32-4)24(27)19-7-6-14-26(17-19)33(28,29)21-11-9-20(30-2)10-12-21/h8-13,15,19H,5-7,14,16-17H2,1-4H3. The third-order valence-electron chi connectivity index (χ3n) is 5.95. The van der Waals surface area contributed by atoms with E-state index in [1.54, 1.807) is 31.3 Å². The highest BCUT2D eigenvalue weighted by atomic mass is 32.2. The zero-order valence-corrected chi connectivity index (χ0v) is 20.4. The van der Waals surface area contributed by atoms with E-state index in [1.165, 1.54) is 23.5 Å². The minimum absolute atomic E-state index is 0.0399. The quantitative estimate of drug-likeness (QED) is 0.553. The lowest BCUT2D eigenvalue weighted by Crippen LogP contribution is -2.46. The Morgan fingerprint density at radius 1 is 1.03 bits per heavy atom. The summed E-state index contributed by atoms with van der Waals surface area (Å²) >= 11 is 0. The largest absolute Gasteiger partial charge is 0.497 e. The molecule has 0 bridgehead atoms. The molecular weight excluding hydrogens is 444 g/mol. The van der Waals surface area contributed by atoms with Crippen LogP contribution in [-0.2, 0) is 21.4 Å². The Hall–Kier alpha value is -2.78. The van der Waals surface area contributed by atoms with Crippen LogP contribution in [0.2, 0.25) is 0 Å². The molecule has 9 heteroatoms. The zero-order valence-electron chi connectivity index (χ0n) is 19.6. The first-order valence-electron chi connectivity index (χ1n) is 11.0. The number of amides is 1. The molecule has 0 aliphatic carbocycles. The molecule has 8 nitrogen and oxygen atoms in total. The molecule has 0 saturated carbocycles. The summed E-state index contributed by atoms with van der Waals surface area (Å²) in [5.41, 5.74) is 0.918. The Morgan fingerprint density at radius 2 is 1.73 bits per heavy atom. The number of ether oxygens (including phenoxy) is 3. The number of piperidine rings is 1. The molecule has 2 aromatic carbocycles. The lowest BCUT2D eigenvalue weighted by molar-refractivity contribution is -0.137. The predicted octanol–water partition coefficient (Wildman–Crippen LogP) is 3.16. The van der Waals surface area contributed by atoms with Gasteiger partial charge in [0.1, 0.15) is 5.75 Å². The summed E-state index contributed by atoms with van der Waals surface area (Å²) in [5.74, 6) is 1.40. The summed E-state index contributed by atoms with van der Waals surface area (Å²) in [6.45, 7) is 3.44. The van der Waals surface area contributed by atoms with Crippen LogP contribution in [0, 0.1) is 5.92 Å². The van der Waals surface area contributed by atoms with Crippen LogP contribution < -0.4 is 14.2 Å². The molecule has 0 radical (unpaired) electrons. The summed E-state index contributed by atoms with van der Waals surface area (Å²) in [7, 11) is 1.000. The first kappa shape index (κ1) is 24.9. The Balaban J connectivity index is 1.73. The van der Waals surface area contributed by atoms with Crippen molar-refractivity contribution in [2.75, 3.05) is 41.0 Å². The van der Waals surface area contributed by atoms with Gasteiger partial charge in [0.25, 0.3) is 0 Å². The lowest BCUT2D eigenvalue weighted by atomic mass is 9.97. The maximum absolute atomic E-state index is 13.3. The molecule has 1 aliphatic rings. The number of carbonyl (C=O) groups excluding carboxylic acids is 1. The summed E-state index contributed by atoms with van der Waals surface area (Å²) < 4.78 is 43.5. The van der Waals surface area contributed by atoms with Crippen molar-refractivity contribution in [3.05, 3.63) is 48.0 Å². The van der Waals surface area contributed by atoms with E-state index in [4.69, 9.17) is 14.2 Å². The van der Waals surface area contributed by atoms with Crippen LogP contribution in [0.15, 0.2) is 47.4 Å². The van der Waals surface area contributed by atoms with Crippen molar-refractivity contribution in [3.8, 4) is 17.2 Å². The molecule has 1 aliphatic heterocycles. The van der Waals surface area contributed by atoms with Gasteiger partial charge in [-0.2, -0.15) is 4.31 Å². The third kappa shape index (κ3) is 5.59. The summed E-state index contributed by atoms with van der Waals surface area (Å²) in [4.78, 5) is 15.3. The van der Waals surface area contributed by atoms with Crippen molar-refractivity contribution < 1.29 is 27.4 Å². The van der Waals surface area contributed by atoms with Crippen molar-refractivity contribution in [1.29, 1.82) is 0 Å². The fourth-order valence-electron chi connectivity index (χ4n) is 4.06. The van der Waals surface area contributed by atoms with Crippen LogP contribution >= 0.6 is 0 Å². The average Bonchev–Trinajstić information content (AvgIpc) is 2.86. The minimum atomic E-state index is -3.68. The van der Waals surface area contributed by atoms with Crippen LogP contribution in [0.5, 0.6) is 17.2 Å². The molecule has 1 fully saturated rings. The highest BCUT2D eigenvalue weighted by molar-refractivity contribution is 7.89. The number of methoxy groups -OCH3 is 3. The second-order valence-electron chi connectivity index (χ2n) is 7.92. The van der Waals surface area contributed by atoms with Gasteiger partial charge in [-0.3, -0.25) is 4.79 Å². The molecule has 33 heavy (non-hydrogen) atoms. The molecule has 1 atom stereocenters. The molecule has 1 unspecified atom stereocenters. The number of carbonyl (C=O) groups is 1. The molecule has 0 N–H and O–H groups in total. The summed E-state index contributed by atoms with van der Waals surface area (Å²) in [6.07, 6.45) is 1.30. The predicted molar refractivity (Wildman–Crippen MR) is 125 cm³/mol. The molecule has 1 amide bonds. The SMILES string of the molecule is CCN(Cc1ccc(OC)c(OC)c1)C(=O)C1CCCN(S(=O)(=O)c2ccc(OC)cc2)C1. The second-order valence-corrected chi connectivity index (χ2v) is 9.86. The Morgan fingerprint density at radius 3 is 2.33 bits per heavy atom. The van der Waals surface area contributed by atoms with Crippen LogP contribution in [-0.4, -0.2) is 64.5 Å². The maximum atomic E-state index is 13.3. The van der Waals surface area contributed by atoms with Gasteiger partial charge in [-0.05, 0) is 61.7 Å². The van der Waals surface area contributed by atoms with Gasteiger partial charge in [0.15, 0.2) is 11.5 Å². The Kier molecular flexibility index (Phi) is 8.20. The van der Waals surface area contributed by atoms with Crippen LogP contribution in [0.1, 0.15) is 25.3 Å². The maximum Gasteiger partial charge on any atom is 0.243 e. The molecule has 180 valence electrons. The monoisotopic (exact) mass is 476 g/mol. The molecule has 0 aromatic heterocycles. The normalized spacial score (nSPS) is 16.8. The lowest BCUT2D eigenvalue weighted by Gasteiger charge is -2.34. The number of nitrogens with zero attached hydrogens (tertiary/aromatic N) is 2. The van der Waals surface area contributed by atoms with E-state index in [2.05, 4.69) is 0 Å². The first-order valence-corrected chi connectivity index (χ1v) is 12.4. The number of hydrogen-bond acceptors (Lipinski definition) is 6. The average molecular weight is 477 g/mol. The number of benzene rings is 2. The van der Waals surface area contributed by atoms with Gasteiger partial charge in [-0.15, -0.1) is 0 Å². The number of hydrogen-bond donors (Lipinski definition) is 0. The second kappa shape index (κ2) is 10.9. The van der Waals surface area contributed by atoms with E-state index in [1.807, 2.05) is 25.1 Å². The Labute approximate surface area is 196 Å². The molecule has 1 heterocycles. The molecular formula is C24H32N2O6S. The van der Waals surface area contributed by atoms with E-state index in [-0.39, 0.29) is 23.3 Å². The molecule has 3 rings (SSSR count). The molecule has 1 saturated heterocycles. The van der Waals surface area contributed by atoms with Crippen LogP contribution in [0.25, 0.3) is 0 Å². The van der Waals surface area contributed by atoms with Gasteiger partial charge in [0.05, 0.1) is 32.1 Å². The zero-order chi connectivity index (χ0) is 24.0. The van der Waals surface area contributed by atoms with Gasteiger partial charge < -0.3 is 19.1 Å². The third-order valence-corrected chi connectivity index (χ3v) is 7.82. The van der Waals surface area contributed by atoms with E-state index >= 15 is 0 Å². The van der Waals surface area contributed by atoms with Crippen molar-refractivity contribution >= 4 is 15.9 Å². The first-order chi connectivity index (χ1) is 15.8. The van der Waals surface area contributed by atoms with Gasteiger partial charge >= 0.3 is 0 Å². The summed E-state index contributed by atoms with van der Waals surface area (Å²) in [5, 5.41) is 0. The van der Waals surface area contributed by atoms with Gasteiger partial charge in [0, 0.05) is 26.2 Å². The Bertz CT molecular complexity index is 1060. The van der Waals surface area contributed by atoms with Gasteiger partial charge in [-0.25, -0.2) is 8.42 Å². The minimum Gasteiger partial charge on any atom is -0.497 e. The molecule has 0 spiro atoms. The van der Waals surface area contributed by atoms with E-state index < -0.39 is 10.0 Å². The number of rotatable bonds is 9. The van der Waals surface area contributed by atoms with Crippen molar-refractivity contribution in [2.45, 2.75) is 31.2 Å². The van der Waals surface area contributed by atoms with E-state index in [9.17, 15) is 13.2 Å². The fourth-order valence-corrected chi connectivity index (χ4v) is 5.59. The molecule has 2 aromatic rings. The highest BCUT2D eigenvalue weighted by Gasteiger charge is 2.35. The van der Waals surface area contributed by atoms with Crippen molar-refractivity contribution in [1.82, 2.24) is 9.21 Å². The topological polar surface area (TPSA) is 85.4 Å². The van der Waals surface area contributed by atoms with E-state index in [0.717, 1.165) is 5.56 Å². The van der Waals surface area contributed by atoms with Crippen LogP contribution in [0.3, 0.4) is 0 Å². The van der Waals surface area contributed by atoms with Crippen molar-refractivity contribution in [2.24, 2.45) is 5.92 Å². The smallest absolute Gasteiger partial charge is 0.243 e. The van der Waals surface area contributed by atoms with Gasteiger partial charge in [-0.1, -0.05) is 6.07 Å².